The van der Waals surface area contributed by atoms with E-state index in [-0.39, 0.29) is 0 Å². The van der Waals surface area contributed by atoms with Gasteiger partial charge in [-0.15, -0.1) is 0 Å². The van der Waals surface area contributed by atoms with Gasteiger partial charge in [-0.3, -0.25) is 0 Å². The Labute approximate surface area is 404 Å². The Morgan fingerprint density at radius 3 is 1.06 bits per heavy atom. The van der Waals surface area contributed by atoms with Gasteiger partial charge in [-0.25, -0.2) is 0 Å². The monoisotopic (exact) mass is 874 g/mol. The third-order valence-electron chi connectivity index (χ3n) is 14.8. The van der Waals surface area contributed by atoms with Crippen LogP contribution in [-0.2, 0) is 5.41 Å². The molecule has 13 rings (SSSR count). The molecule has 0 saturated carbocycles. The van der Waals surface area contributed by atoms with E-state index in [9.17, 15) is 0 Å². The van der Waals surface area contributed by atoms with Crippen LogP contribution in [0.25, 0.3) is 105 Å². The molecule has 2 aliphatic rings. The zero-order valence-electron chi connectivity index (χ0n) is 38.2. The van der Waals surface area contributed by atoms with E-state index in [0.29, 0.717) is 0 Å². The highest BCUT2D eigenvalue weighted by Crippen LogP contribution is 2.63. The van der Waals surface area contributed by atoms with Crippen LogP contribution >= 0.6 is 0 Å². The van der Waals surface area contributed by atoms with E-state index >= 15 is 0 Å². The van der Waals surface area contributed by atoms with Gasteiger partial charge in [0, 0.05) is 0 Å². The first-order valence-corrected chi connectivity index (χ1v) is 23.9. The Hall–Kier alpha value is -8.84. The molecule has 69 heavy (non-hydrogen) atoms. The van der Waals surface area contributed by atoms with Crippen molar-refractivity contribution in [3.05, 3.63) is 296 Å². The van der Waals surface area contributed by atoms with E-state index in [2.05, 4.69) is 262 Å². The Morgan fingerprint density at radius 1 is 0.261 bits per heavy atom. The fourth-order valence-electron chi connectivity index (χ4n) is 11.9. The zero-order chi connectivity index (χ0) is 46.1. The van der Waals surface area contributed by atoms with Crippen LogP contribution in [0.1, 0.15) is 22.3 Å². The topological polar surface area (TPSA) is 0 Å². The average molecular weight is 875 g/mol. The maximum Gasteiger partial charge on any atom is 0.0725 e. The van der Waals surface area contributed by atoms with Crippen LogP contribution in [0, 0.1) is 0 Å². The molecule has 0 N–H and O–H groups in total. The van der Waals surface area contributed by atoms with E-state index in [1.54, 1.807) is 0 Å². The Bertz CT molecular complexity index is 3780. The molecular weight excluding hydrogens is 829 g/mol. The summed E-state index contributed by atoms with van der Waals surface area (Å²) in [7, 11) is 0. The molecule has 2 aliphatic carbocycles. The lowest BCUT2D eigenvalue weighted by atomic mass is 9.69. The lowest BCUT2D eigenvalue weighted by Crippen LogP contribution is -2.26. The van der Waals surface area contributed by atoms with Crippen molar-refractivity contribution >= 4 is 27.1 Å². The SMILES string of the molecule is C=CC1=C(C=C)C2(c3ccccc31)c1ccccc1-c1cc3c(-c4cc(-c5ccccc5)cc(-c5ccccc5)c4)c4ccccc4c(-c4cc(-c5ccccc5)cc(-c5ccccc5)c4)c3cc12. The summed E-state index contributed by atoms with van der Waals surface area (Å²) in [6.45, 7) is 8.96. The van der Waals surface area contributed by atoms with Crippen molar-refractivity contribution in [3.63, 3.8) is 0 Å². The molecule has 1 spiro atoms. The summed E-state index contributed by atoms with van der Waals surface area (Å²) in [6.07, 6.45) is 4.13. The first-order valence-electron chi connectivity index (χ1n) is 23.9. The molecule has 11 aromatic rings. The molecule has 0 aliphatic heterocycles. The number of rotatable bonds is 8. The Kier molecular flexibility index (Phi) is 9.49. The first-order chi connectivity index (χ1) is 34.1. The average Bonchev–Trinajstić information content (AvgIpc) is 3.88. The predicted molar refractivity (Wildman–Crippen MR) is 293 cm³/mol. The molecule has 1 unspecified atom stereocenters. The second-order valence-corrected chi connectivity index (χ2v) is 18.4. The van der Waals surface area contributed by atoms with Crippen molar-refractivity contribution in [2.75, 3.05) is 0 Å². The summed E-state index contributed by atoms with van der Waals surface area (Å²) >= 11 is 0. The first kappa shape index (κ1) is 40.4. The molecular formula is C69H46. The van der Waals surface area contributed by atoms with Gasteiger partial charge in [0.1, 0.15) is 0 Å². The minimum atomic E-state index is -0.597. The summed E-state index contributed by atoms with van der Waals surface area (Å²) in [6, 6.07) is 89.9. The van der Waals surface area contributed by atoms with Crippen LogP contribution in [0.2, 0.25) is 0 Å². The fourth-order valence-corrected chi connectivity index (χ4v) is 11.9. The molecule has 0 saturated heterocycles. The van der Waals surface area contributed by atoms with Crippen molar-refractivity contribution in [1.82, 2.24) is 0 Å². The number of benzene rings is 11. The smallest absolute Gasteiger partial charge is 0.0725 e. The maximum absolute atomic E-state index is 4.55. The highest BCUT2D eigenvalue weighted by atomic mass is 14.5. The van der Waals surface area contributed by atoms with Crippen molar-refractivity contribution in [1.29, 1.82) is 0 Å². The van der Waals surface area contributed by atoms with Crippen LogP contribution in [0.15, 0.2) is 274 Å². The van der Waals surface area contributed by atoms with Crippen LogP contribution in [-0.4, -0.2) is 0 Å². The van der Waals surface area contributed by atoms with E-state index < -0.39 is 5.41 Å². The van der Waals surface area contributed by atoms with Gasteiger partial charge < -0.3 is 0 Å². The number of fused-ring (bicyclic) bond motifs is 9. The standard InChI is InChI=1S/C69H46/c1-3-55-56-31-19-21-35-64(56)69(63(55)4-2)65-36-22-20-32-57(65)60-43-61-62(44-66(60)69)68(54-41-51(47-27-13-7-14-28-47)38-52(42-54)48-29-15-8-16-30-48)59-34-18-17-33-58(59)67(61)53-39-49(45-23-9-5-10-24-45)37-50(40-53)46-25-11-6-12-26-46/h3-44H,1-2H2. The van der Waals surface area contributed by atoms with Gasteiger partial charge in [0.2, 0.25) is 0 Å². The van der Waals surface area contributed by atoms with E-state index in [4.69, 9.17) is 0 Å². The lowest BCUT2D eigenvalue weighted by Gasteiger charge is -2.32. The van der Waals surface area contributed by atoms with Crippen LogP contribution < -0.4 is 0 Å². The summed E-state index contributed by atoms with van der Waals surface area (Å²) in [5.74, 6) is 0. The van der Waals surface area contributed by atoms with Gasteiger partial charge in [-0.1, -0.05) is 219 Å². The lowest BCUT2D eigenvalue weighted by molar-refractivity contribution is 0.788. The molecule has 0 radical (unpaired) electrons. The van der Waals surface area contributed by atoms with Crippen molar-refractivity contribution in [3.8, 4) is 77.9 Å². The largest absolute Gasteiger partial charge is 0.0987 e. The molecule has 0 aromatic heterocycles. The van der Waals surface area contributed by atoms with Crippen molar-refractivity contribution in [2.24, 2.45) is 0 Å². The van der Waals surface area contributed by atoms with Gasteiger partial charge in [0.15, 0.2) is 0 Å². The molecule has 11 aromatic carbocycles. The fraction of sp³-hybridized carbons (Fsp3) is 0.0145. The quantitative estimate of drug-likeness (QED) is 0.133. The molecule has 1 atom stereocenters. The van der Waals surface area contributed by atoms with E-state index in [1.807, 2.05) is 6.08 Å². The summed E-state index contributed by atoms with van der Waals surface area (Å²) < 4.78 is 0. The van der Waals surface area contributed by atoms with Crippen molar-refractivity contribution < 1.29 is 0 Å². The molecule has 0 amide bonds. The third kappa shape index (κ3) is 6.23. The van der Waals surface area contributed by atoms with E-state index in [1.165, 1.54) is 127 Å². The van der Waals surface area contributed by atoms with Gasteiger partial charge in [-0.05, 0) is 181 Å². The molecule has 0 heteroatoms. The summed E-state index contributed by atoms with van der Waals surface area (Å²) in [5, 5.41) is 4.84. The third-order valence-corrected chi connectivity index (χ3v) is 14.8. The number of hydrogen-bond acceptors (Lipinski definition) is 0. The van der Waals surface area contributed by atoms with Crippen LogP contribution in [0.3, 0.4) is 0 Å². The van der Waals surface area contributed by atoms with Gasteiger partial charge in [0.05, 0.1) is 5.41 Å². The van der Waals surface area contributed by atoms with Gasteiger partial charge >= 0.3 is 0 Å². The minimum Gasteiger partial charge on any atom is -0.0987 e. The minimum absolute atomic E-state index is 0.597. The Balaban J connectivity index is 1.22. The van der Waals surface area contributed by atoms with Crippen LogP contribution in [0.4, 0.5) is 0 Å². The van der Waals surface area contributed by atoms with Crippen molar-refractivity contribution in [2.45, 2.75) is 5.41 Å². The van der Waals surface area contributed by atoms with Gasteiger partial charge in [0.25, 0.3) is 0 Å². The molecule has 0 fully saturated rings. The molecule has 0 bridgehead atoms. The molecule has 322 valence electrons. The van der Waals surface area contributed by atoms with E-state index in [0.717, 1.165) is 5.57 Å². The highest BCUT2D eigenvalue weighted by Gasteiger charge is 2.52. The molecule has 0 nitrogen and oxygen atoms in total. The highest BCUT2D eigenvalue weighted by molar-refractivity contribution is 6.23. The molecule has 0 heterocycles. The number of hydrogen-bond donors (Lipinski definition) is 0. The zero-order valence-corrected chi connectivity index (χ0v) is 38.2. The van der Waals surface area contributed by atoms with Crippen LogP contribution in [0.5, 0.6) is 0 Å². The second-order valence-electron chi connectivity index (χ2n) is 18.4. The maximum atomic E-state index is 4.55. The Morgan fingerprint density at radius 2 is 0.623 bits per heavy atom. The summed E-state index contributed by atoms with van der Waals surface area (Å²) in [4.78, 5) is 0. The van der Waals surface area contributed by atoms with Gasteiger partial charge in [-0.2, -0.15) is 0 Å². The predicted octanol–water partition coefficient (Wildman–Crippen LogP) is 18.4. The normalized spacial score (nSPS) is 14.5. The summed E-state index contributed by atoms with van der Waals surface area (Å²) in [5.41, 5.74) is 23.5. The number of allylic oxidation sites excluding steroid dienone is 4. The second kappa shape index (κ2) is 16.2.